The molecule has 1 fully saturated rings. The molecule has 0 saturated heterocycles. The van der Waals surface area contributed by atoms with Crippen molar-refractivity contribution in [2.75, 3.05) is 6.54 Å². The van der Waals surface area contributed by atoms with Gasteiger partial charge in [0.15, 0.2) is 0 Å². The zero-order valence-corrected chi connectivity index (χ0v) is 7.33. The van der Waals surface area contributed by atoms with Crippen LogP contribution in [0.5, 0.6) is 0 Å². The zero-order chi connectivity index (χ0) is 8.97. The van der Waals surface area contributed by atoms with Gasteiger partial charge < -0.3 is 10.8 Å². The van der Waals surface area contributed by atoms with E-state index in [0.717, 1.165) is 19.4 Å². The summed E-state index contributed by atoms with van der Waals surface area (Å²) in [5, 5.41) is 8.47. The molecule has 2 atom stereocenters. The predicted molar refractivity (Wildman–Crippen MR) is 46.8 cm³/mol. The largest absolute Gasteiger partial charge is 0.481 e. The van der Waals surface area contributed by atoms with Gasteiger partial charge in [0.1, 0.15) is 0 Å². The summed E-state index contributed by atoms with van der Waals surface area (Å²) in [4.78, 5) is 10.3. The van der Waals surface area contributed by atoms with Crippen LogP contribution in [0.2, 0.25) is 0 Å². The van der Waals surface area contributed by atoms with Crippen molar-refractivity contribution in [3.8, 4) is 0 Å². The Kier molecular flexibility index (Phi) is 3.53. The highest BCUT2D eigenvalue weighted by atomic mass is 16.4. The molecule has 2 unspecified atom stereocenters. The van der Waals surface area contributed by atoms with Crippen LogP contribution in [0, 0.1) is 11.8 Å². The van der Waals surface area contributed by atoms with Crippen molar-refractivity contribution in [2.24, 2.45) is 17.6 Å². The molecule has 3 heteroatoms. The van der Waals surface area contributed by atoms with Gasteiger partial charge in [0.2, 0.25) is 0 Å². The Bertz CT molecular complexity index is 159. The van der Waals surface area contributed by atoms with E-state index >= 15 is 0 Å². The fourth-order valence-corrected chi connectivity index (χ4v) is 1.98. The van der Waals surface area contributed by atoms with E-state index in [2.05, 4.69) is 0 Å². The highest BCUT2D eigenvalue weighted by molar-refractivity contribution is 5.66. The molecule has 0 radical (unpaired) electrons. The van der Waals surface area contributed by atoms with Crippen LogP contribution in [0.15, 0.2) is 0 Å². The third-order valence-electron chi connectivity index (χ3n) is 2.75. The first-order valence-electron chi connectivity index (χ1n) is 4.64. The molecular formula is C9H17NO2. The van der Waals surface area contributed by atoms with E-state index in [9.17, 15) is 4.79 Å². The van der Waals surface area contributed by atoms with Crippen LogP contribution < -0.4 is 5.73 Å². The van der Waals surface area contributed by atoms with Crippen molar-refractivity contribution < 1.29 is 9.90 Å². The molecule has 3 nitrogen and oxygen atoms in total. The highest BCUT2D eigenvalue weighted by Crippen LogP contribution is 2.32. The maximum atomic E-state index is 10.3. The predicted octanol–water partition coefficient (Wildman–Crippen LogP) is 1.23. The van der Waals surface area contributed by atoms with E-state index in [0.29, 0.717) is 18.3 Å². The second-order valence-electron chi connectivity index (χ2n) is 3.71. The van der Waals surface area contributed by atoms with Gasteiger partial charge >= 0.3 is 5.97 Å². The maximum Gasteiger partial charge on any atom is 0.303 e. The van der Waals surface area contributed by atoms with Gasteiger partial charge in [-0.15, -0.1) is 0 Å². The first-order valence-corrected chi connectivity index (χ1v) is 4.64. The van der Waals surface area contributed by atoms with Crippen molar-refractivity contribution in [3.05, 3.63) is 0 Å². The Morgan fingerprint density at radius 1 is 1.42 bits per heavy atom. The minimum atomic E-state index is -0.675. The number of hydrogen-bond acceptors (Lipinski definition) is 2. The quantitative estimate of drug-likeness (QED) is 0.668. The maximum absolute atomic E-state index is 10.3. The number of hydrogen-bond donors (Lipinski definition) is 2. The summed E-state index contributed by atoms with van der Waals surface area (Å²) in [5.41, 5.74) is 5.54. The summed E-state index contributed by atoms with van der Waals surface area (Å²) >= 11 is 0. The average molecular weight is 171 g/mol. The van der Waals surface area contributed by atoms with Crippen LogP contribution in [0.1, 0.15) is 32.1 Å². The topological polar surface area (TPSA) is 63.3 Å². The van der Waals surface area contributed by atoms with Crippen LogP contribution in [0.4, 0.5) is 0 Å². The third-order valence-corrected chi connectivity index (χ3v) is 2.75. The lowest BCUT2D eigenvalue weighted by Crippen LogP contribution is -2.11. The molecular weight excluding hydrogens is 154 g/mol. The Labute approximate surface area is 72.9 Å². The van der Waals surface area contributed by atoms with Gasteiger partial charge in [-0.1, -0.05) is 6.42 Å². The molecule has 70 valence electrons. The van der Waals surface area contributed by atoms with Gasteiger partial charge in [-0.2, -0.15) is 0 Å². The van der Waals surface area contributed by atoms with Crippen molar-refractivity contribution in [1.82, 2.24) is 0 Å². The lowest BCUT2D eigenvalue weighted by molar-refractivity contribution is -0.137. The molecule has 0 aromatic carbocycles. The Balaban J connectivity index is 2.15. The molecule has 0 aromatic rings. The van der Waals surface area contributed by atoms with E-state index in [-0.39, 0.29) is 0 Å². The number of aliphatic carboxylic acids is 1. The number of nitrogens with two attached hydrogens (primary N) is 1. The lowest BCUT2D eigenvalue weighted by Gasteiger charge is -2.07. The van der Waals surface area contributed by atoms with Gasteiger partial charge in [0.05, 0.1) is 0 Å². The molecule has 0 aliphatic heterocycles. The number of rotatable bonds is 4. The van der Waals surface area contributed by atoms with E-state index in [1.807, 2.05) is 0 Å². The Morgan fingerprint density at radius 3 is 2.58 bits per heavy atom. The van der Waals surface area contributed by atoms with Gasteiger partial charge in [0.25, 0.3) is 0 Å². The van der Waals surface area contributed by atoms with E-state index in [1.54, 1.807) is 0 Å². The molecule has 1 aliphatic carbocycles. The number of carboxylic acid groups (broad SMARTS) is 1. The van der Waals surface area contributed by atoms with Crippen molar-refractivity contribution in [3.63, 3.8) is 0 Å². The molecule has 1 aliphatic rings. The lowest BCUT2D eigenvalue weighted by atomic mass is 10.00. The first-order chi connectivity index (χ1) is 5.72. The van der Waals surface area contributed by atoms with Crippen molar-refractivity contribution >= 4 is 5.97 Å². The van der Waals surface area contributed by atoms with Crippen LogP contribution in [0.3, 0.4) is 0 Å². The van der Waals surface area contributed by atoms with Crippen LogP contribution in [-0.4, -0.2) is 17.6 Å². The van der Waals surface area contributed by atoms with Crippen LogP contribution in [0.25, 0.3) is 0 Å². The second kappa shape index (κ2) is 4.45. The molecule has 0 spiro atoms. The van der Waals surface area contributed by atoms with E-state index in [4.69, 9.17) is 10.8 Å². The molecule has 0 aromatic heterocycles. The summed E-state index contributed by atoms with van der Waals surface area (Å²) in [6.07, 6.45) is 4.67. The van der Waals surface area contributed by atoms with Gasteiger partial charge in [0, 0.05) is 6.42 Å². The molecule has 0 amide bonds. The monoisotopic (exact) mass is 171 g/mol. The fraction of sp³-hybridized carbons (Fsp3) is 0.889. The SMILES string of the molecule is NCC1CCC(CCC(=O)O)C1. The third kappa shape index (κ3) is 2.81. The average Bonchev–Trinajstić information content (AvgIpc) is 2.48. The van der Waals surface area contributed by atoms with Gasteiger partial charge in [-0.05, 0) is 37.6 Å². The summed E-state index contributed by atoms with van der Waals surface area (Å²) in [6.45, 7) is 0.767. The standard InChI is InChI=1S/C9H17NO2/c10-6-8-2-1-7(5-8)3-4-9(11)12/h7-8H,1-6,10H2,(H,11,12). The van der Waals surface area contributed by atoms with Gasteiger partial charge in [-0.25, -0.2) is 0 Å². The Hall–Kier alpha value is -0.570. The number of carboxylic acids is 1. The van der Waals surface area contributed by atoms with Crippen molar-refractivity contribution in [1.29, 1.82) is 0 Å². The Morgan fingerprint density at radius 2 is 2.08 bits per heavy atom. The van der Waals surface area contributed by atoms with E-state index < -0.39 is 5.97 Å². The normalized spacial score (nSPS) is 29.1. The molecule has 12 heavy (non-hydrogen) atoms. The minimum Gasteiger partial charge on any atom is -0.481 e. The highest BCUT2D eigenvalue weighted by Gasteiger charge is 2.23. The zero-order valence-electron chi connectivity index (χ0n) is 7.33. The van der Waals surface area contributed by atoms with Crippen LogP contribution >= 0.6 is 0 Å². The summed E-state index contributed by atoms with van der Waals surface area (Å²) < 4.78 is 0. The minimum absolute atomic E-state index is 0.321. The summed E-state index contributed by atoms with van der Waals surface area (Å²) in [7, 11) is 0. The summed E-state index contributed by atoms with van der Waals surface area (Å²) in [6, 6.07) is 0. The molecule has 1 rings (SSSR count). The first kappa shape index (κ1) is 9.52. The fourth-order valence-electron chi connectivity index (χ4n) is 1.98. The molecule has 3 N–H and O–H groups in total. The number of carbonyl (C=O) groups is 1. The van der Waals surface area contributed by atoms with Crippen molar-refractivity contribution in [2.45, 2.75) is 32.1 Å². The molecule has 0 bridgehead atoms. The molecule has 1 saturated carbocycles. The van der Waals surface area contributed by atoms with Gasteiger partial charge in [-0.3, -0.25) is 4.79 Å². The van der Waals surface area contributed by atoms with E-state index in [1.165, 1.54) is 12.8 Å². The smallest absolute Gasteiger partial charge is 0.303 e. The second-order valence-corrected chi connectivity index (χ2v) is 3.71. The summed E-state index contributed by atoms with van der Waals surface area (Å²) in [5.74, 6) is 0.602. The van der Waals surface area contributed by atoms with Crippen LogP contribution in [-0.2, 0) is 4.79 Å². The molecule has 0 heterocycles.